The average molecular weight is 346 g/mol. The molecule has 0 aliphatic heterocycles. The van der Waals surface area contributed by atoms with Crippen molar-refractivity contribution in [2.24, 2.45) is 4.99 Å². The molecule has 0 atom stereocenters. The van der Waals surface area contributed by atoms with Crippen molar-refractivity contribution in [3.63, 3.8) is 0 Å². The Morgan fingerprint density at radius 2 is 1.96 bits per heavy atom. The van der Waals surface area contributed by atoms with E-state index in [0.29, 0.717) is 0 Å². The first-order chi connectivity index (χ1) is 11.5. The van der Waals surface area contributed by atoms with E-state index in [4.69, 9.17) is 0 Å². The maximum Gasteiger partial charge on any atom is 0.191 e. The SMILES string of the molecule is CN=C(NCc1sc(C)nc1C)NCC1(c2ccc(F)cc2)CC1. The van der Waals surface area contributed by atoms with Crippen molar-refractivity contribution >= 4 is 17.3 Å². The first kappa shape index (κ1) is 16.9. The highest BCUT2D eigenvalue weighted by Crippen LogP contribution is 2.47. The van der Waals surface area contributed by atoms with Crippen LogP contribution in [0.2, 0.25) is 0 Å². The summed E-state index contributed by atoms with van der Waals surface area (Å²) in [7, 11) is 1.78. The fourth-order valence-electron chi connectivity index (χ4n) is 2.90. The van der Waals surface area contributed by atoms with Crippen LogP contribution in [0.1, 0.15) is 34.0 Å². The molecule has 24 heavy (non-hydrogen) atoms. The molecule has 1 fully saturated rings. The Morgan fingerprint density at radius 3 is 2.50 bits per heavy atom. The van der Waals surface area contributed by atoms with Gasteiger partial charge in [0.1, 0.15) is 5.82 Å². The predicted octanol–water partition coefficient (Wildman–Crippen LogP) is 3.30. The van der Waals surface area contributed by atoms with Crippen molar-refractivity contribution in [1.82, 2.24) is 15.6 Å². The first-order valence-corrected chi connectivity index (χ1v) is 8.97. The van der Waals surface area contributed by atoms with Crippen molar-refractivity contribution in [3.8, 4) is 0 Å². The van der Waals surface area contributed by atoms with Gasteiger partial charge in [-0.2, -0.15) is 0 Å². The lowest BCUT2D eigenvalue weighted by Gasteiger charge is -2.19. The van der Waals surface area contributed by atoms with Crippen molar-refractivity contribution in [2.45, 2.75) is 38.6 Å². The topological polar surface area (TPSA) is 49.3 Å². The number of thiazole rings is 1. The molecular formula is C18H23FN4S. The largest absolute Gasteiger partial charge is 0.356 e. The van der Waals surface area contributed by atoms with Gasteiger partial charge in [0.25, 0.3) is 0 Å². The molecular weight excluding hydrogens is 323 g/mol. The van der Waals surface area contributed by atoms with Gasteiger partial charge in [-0.05, 0) is 44.4 Å². The van der Waals surface area contributed by atoms with Crippen LogP contribution in [0, 0.1) is 19.7 Å². The van der Waals surface area contributed by atoms with Gasteiger partial charge in [0.15, 0.2) is 5.96 Å². The number of hydrogen-bond donors (Lipinski definition) is 2. The normalized spacial score (nSPS) is 16.1. The van der Waals surface area contributed by atoms with Gasteiger partial charge in [-0.25, -0.2) is 9.37 Å². The number of rotatable bonds is 5. The molecule has 128 valence electrons. The van der Waals surface area contributed by atoms with Crippen LogP contribution < -0.4 is 10.6 Å². The molecule has 3 rings (SSSR count). The molecule has 4 nitrogen and oxygen atoms in total. The van der Waals surface area contributed by atoms with Crippen molar-refractivity contribution < 1.29 is 4.39 Å². The van der Waals surface area contributed by atoms with Gasteiger partial charge >= 0.3 is 0 Å². The second-order valence-electron chi connectivity index (χ2n) is 6.31. The fraction of sp³-hybridized carbons (Fsp3) is 0.444. The van der Waals surface area contributed by atoms with Gasteiger partial charge in [-0.15, -0.1) is 11.3 Å². The molecule has 1 aromatic carbocycles. The Kier molecular flexibility index (Phi) is 4.85. The minimum absolute atomic E-state index is 0.113. The lowest BCUT2D eigenvalue weighted by atomic mass is 9.96. The Morgan fingerprint density at radius 1 is 1.25 bits per heavy atom. The zero-order valence-electron chi connectivity index (χ0n) is 14.3. The number of aliphatic imine (C=N–C) groups is 1. The summed E-state index contributed by atoms with van der Waals surface area (Å²) in [5.74, 6) is 0.601. The quantitative estimate of drug-likeness (QED) is 0.645. The van der Waals surface area contributed by atoms with Gasteiger partial charge < -0.3 is 10.6 Å². The summed E-state index contributed by atoms with van der Waals surface area (Å²) in [6.45, 7) is 5.58. The summed E-state index contributed by atoms with van der Waals surface area (Å²) in [5.41, 5.74) is 2.38. The third kappa shape index (κ3) is 3.75. The summed E-state index contributed by atoms with van der Waals surface area (Å²) in [4.78, 5) is 9.97. The lowest BCUT2D eigenvalue weighted by Crippen LogP contribution is -2.40. The van der Waals surface area contributed by atoms with Crippen LogP contribution in [0.3, 0.4) is 0 Å². The number of guanidine groups is 1. The average Bonchev–Trinajstić information content (AvgIpc) is 3.28. The van der Waals surface area contributed by atoms with Crippen molar-refractivity contribution in [1.29, 1.82) is 0 Å². The molecule has 6 heteroatoms. The maximum absolute atomic E-state index is 13.1. The molecule has 1 aliphatic rings. The molecule has 0 unspecified atom stereocenters. The molecule has 0 bridgehead atoms. The molecule has 1 saturated carbocycles. The van der Waals surface area contributed by atoms with Gasteiger partial charge in [0.2, 0.25) is 0 Å². The van der Waals surface area contributed by atoms with Crippen molar-refractivity contribution in [2.75, 3.05) is 13.6 Å². The summed E-state index contributed by atoms with van der Waals surface area (Å²) >= 11 is 1.71. The zero-order valence-corrected chi connectivity index (χ0v) is 15.1. The second kappa shape index (κ2) is 6.89. The first-order valence-electron chi connectivity index (χ1n) is 8.16. The van der Waals surface area contributed by atoms with Gasteiger partial charge in [0.05, 0.1) is 17.2 Å². The highest BCUT2D eigenvalue weighted by molar-refractivity contribution is 7.11. The second-order valence-corrected chi connectivity index (χ2v) is 7.60. The molecule has 0 spiro atoms. The molecule has 1 aliphatic carbocycles. The van der Waals surface area contributed by atoms with Crippen molar-refractivity contribution in [3.05, 3.63) is 51.2 Å². The Balaban J connectivity index is 1.56. The van der Waals surface area contributed by atoms with E-state index in [9.17, 15) is 4.39 Å². The standard InChI is InChI=1S/C18H23FN4S/c1-12-16(24-13(2)23-12)10-21-17(20-3)22-11-18(8-9-18)14-4-6-15(19)7-5-14/h4-7H,8-11H2,1-3H3,(H2,20,21,22). The van der Waals surface area contributed by atoms with Crippen LogP contribution in [-0.4, -0.2) is 24.5 Å². The van der Waals surface area contributed by atoms with E-state index in [0.717, 1.165) is 42.6 Å². The summed E-state index contributed by atoms with van der Waals surface area (Å²) in [6, 6.07) is 6.86. The zero-order chi connectivity index (χ0) is 17.2. The molecule has 2 N–H and O–H groups in total. The third-order valence-electron chi connectivity index (χ3n) is 4.54. The predicted molar refractivity (Wildman–Crippen MR) is 97.1 cm³/mol. The van der Waals surface area contributed by atoms with Crippen LogP contribution in [0.25, 0.3) is 0 Å². The Labute approximate surface area is 146 Å². The number of halogens is 1. The molecule has 1 heterocycles. The Bertz CT molecular complexity index is 732. The highest BCUT2D eigenvalue weighted by Gasteiger charge is 2.44. The van der Waals surface area contributed by atoms with Crippen LogP contribution >= 0.6 is 11.3 Å². The van der Waals surface area contributed by atoms with E-state index in [-0.39, 0.29) is 11.2 Å². The number of aromatic nitrogens is 1. The summed E-state index contributed by atoms with van der Waals surface area (Å²) < 4.78 is 13.1. The molecule has 2 aromatic rings. The third-order valence-corrected chi connectivity index (χ3v) is 5.62. The molecule has 0 amide bonds. The minimum atomic E-state index is -0.185. The fourth-order valence-corrected chi connectivity index (χ4v) is 3.77. The number of hydrogen-bond acceptors (Lipinski definition) is 3. The lowest BCUT2D eigenvalue weighted by molar-refractivity contribution is 0.617. The maximum atomic E-state index is 13.1. The van der Waals surface area contributed by atoms with Gasteiger partial charge in [-0.1, -0.05) is 12.1 Å². The van der Waals surface area contributed by atoms with E-state index in [2.05, 4.69) is 20.6 Å². The number of benzene rings is 1. The van der Waals surface area contributed by atoms with Crippen LogP contribution in [0.5, 0.6) is 0 Å². The van der Waals surface area contributed by atoms with E-state index in [1.54, 1.807) is 18.4 Å². The van der Waals surface area contributed by atoms with E-state index in [1.165, 1.54) is 22.6 Å². The van der Waals surface area contributed by atoms with Crippen LogP contribution in [0.4, 0.5) is 4.39 Å². The van der Waals surface area contributed by atoms with E-state index >= 15 is 0 Å². The van der Waals surface area contributed by atoms with Crippen LogP contribution in [0.15, 0.2) is 29.3 Å². The monoisotopic (exact) mass is 346 g/mol. The van der Waals surface area contributed by atoms with Crippen LogP contribution in [-0.2, 0) is 12.0 Å². The summed E-state index contributed by atoms with van der Waals surface area (Å²) in [5, 5.41) is 7.85. The van der Waals surface area contributed by atoms with E-state index in [1.807, 2.05) is 26.0 Å². The number of nitrogens with zero attached hydrogens (tertiary/aromatic N) is 2. The number of nitrogens with one attached hydrogen (secondary N) is 2. The highest BCUT2D eigenvalue weighted by atomic mass is 32.1. The van der Waals surface area contributed by atoms with Gasteiger partial charge in [0, 0.05) is 23.9 Å². The summed E-state index contributed by atoms with van der Waals surface area (Å²) in [6.07, 6.45) is 2.24. The smallest absolute Gasteiger partial charge is 0.191 e. The molecule has 0 saturated heterocycles. The minimum Gasteiger partial charge on any atom is -0.356 e. The van der Waals surface area contributed by atoms with Gasteiger partial charge in [-0.3, -0.25) is 4.99 Å². The molecule has 0 radical (unpaired) electrons. The molecule has 1 aromatic heterocycles. The number of aryl methyl sites for hydroxylation is 2. The van der Waals surface area contributed by atoms with E-state index < -0.39 is 0 Å². The Hall–Kier alpha value is -1.95.